The lowest BCUT2D eigenvalue weighted by molar-refractivity contribution is -0.111. The summed E-state index contributed by atoms with van der Waals surface area (Å²) in [6.07, 6.45) is 7.83. The van der Waals surface area contributed by atoms with Crippen LogP contribution in [-0.4, -0.2) is 56.9 Å². The summed E-state index contributed by atoms with van der Waals surface area (Å²) in [6, 6.07) is 12.6. The Morgan fingerprint density at radius 2 is 2.00 bits per heavy atom. The van der Waals surface area contributed by atoms with E-state index in [1.165, 1.54) is 24.6 Å². The van der Waals surface area contributed by atoms with E-state index < -0.39 is 9.73 Å². The second kappa shape index (κ2) is 10.5. The van der Waals surface area contributed by atoms with Crippen molar-refractivity contribution in [3.63, 3.8) is 0 Å². The molecule has 0 saturated heterocycles. The first-order chi connectivity index (χ1) is 17.1. The van der Waals surface area contributed by atoms with Gasteiger partial charge in [-0.2, -0.15) is 0 Å². The van der Waals surface area contributed by atoms with Gasteiger partial charge in [0.05, 0.1) is 38.0 Å². The van der Waals surface area contributed by atoms with Crippen molar-refractivity contribution in [3.05, 3.63) is 72.0 Å². The summed E-state index contributed by atoms with van der Waals surface area (Å²) in [6.45, 7) is 0.600. The minimum absolute atomic E-state index is 0.259. The number of carbonyl (C=O) groups excluding carboxylic acids is 1. The Labute approximate surface area is 214 Å². The van der Waals surface area contributed by atoms with Crippen molar-refractivity contribution >= 4 is 55.5 Å². The number of carbonyl (C=O) groups is 1. The summed E-state index contributed by atoms with van der Waals surface area (Å²) in [5, 5.41) is 7.27. The van der Waals surface area contributed by atoms with Crippen LogP contribution in [0.1, 0.15) is 0 Å². The SMILES string of the molecule is CN(C)C/C=C/C(=O)Nc1cc(S(C)(=N)=O)ccc1Nc1ncc(Cl)c(-c2c[nH]c3ccccc23)n1. The van der Waals surface area contributed by atoms with Crippen molar-refractivity contribution in [2.45, 2.75) is 4.90 Å². The molecule has 0 bridgehead atoms. The number of aromatic amines is 1. The summed E-state index contributed by atoms with van der Waals surface area (Å²) in [5.41, 5.74) is 3.15. The Morgan fingerprint density at radius 3 is 2.75 bits per heavy atom. The van der Waals surface area contributed by atoms with E-state index in [1.54, 1.807) is 18.2 Å². The predicted octanol–water partition coefficient (Wildman–Crippen LogP) is 5.11. The number of fused-ring (bicyclic) bond motifs is 1. The average molecular weight is 524 g/mol. The van der Waals surface area contributed by atoms with Gasteiger partial charge < -0.3 is 20.5 Å². The highest BCUT2D eigenvalue weighted by Gasteiger charge is 2.15. The maximum Gasteiger partial charge on any atom is 0.248 e. The van der Waals surface area contributed by atoms with E-state index >= 15 is 0 Å². The van der Waals surface area contributed by atoms with Crippen molar-refractivity contribution in [1.82, 2.24) is 19.9 Å². The molecule has 0 fully saturated rings. The quantitative estimate of drug-likeness (QED) is 0.238. The highest BCUT2D eigenvalue weighted by molar-refractivity contribution is 7.91. The zero-order valence-corrected chi connectivity index (χ0v) is 21.6. The zero-order valence-electron chi connectivity index (χ0n) is 20.0. The topological polar surface area (TPSA) is 127 Å². The summed E-state index contributed by atoms with van der Waals surface area (Å²) >= 11 is 6.45. The molecule has 2 aromatic heterocycles. The number of halogens is 1. The van der Waals surface area contributed by atoms with Crippen LogP contribution >= 0.6 is 11.6 Å². The molecule has 1 unspecified atom stereocenters. The lowest BCUT2D eigenvalue weighted by atomic mass is 10.1. The normalized spacial score (nSPS) is 13.2. The number of nitrogens with zero attached hydrogens (tertiary/aromatic N) is 3. The van der Waals surface area contributed by atoms with Gasteiger partial charge in [-0.05, 0) is 38.4 Å². The molecule has 4 aromatic rings. The molecule has 2 aromatic carbocycles. The fourth-order valence-electron chi connectivity index (χ4n) is 3.53. The number of rotatable bonds is 8. The molecule has 0 radical (unpaired) electrons. The van der Waals surface area contributed by atoms with E-state index in [-0.39, 0.29) is 16.8 Å². The molecule has 1 amide bonds. The molecule has 0 aliphatic heterocycles. The minimum atomic E-state index is -3.00. The fraction of sp³-hybridized carbons (Fsp3) is 0.160. The first kappa shape index (κ1) is 25.4. The van der Waals surface area contributed by atoms with Crippen LogP contribution in [0.3, 0.4) is 0 Å². The van der Waals surface area contributed by atoms with Gasteiger partial charge in [0.25, 0.3) is 0 Å². The molecule has 36 heavy (non-hydrogen) atoms. The van der Waals surface area contributed by atoms with Crippen LogP contribution in [0.25, 0.3) is 22.2 Å². The maximum atomic E-state index is 12.5. The molecule has 9 nitrogen and oxygen atoms in total. The number of amides is 1. The van der Waals surface area contributed by atoms with Crippen LogP contribution in [0, 0.1) is 4.78 Å². The number of hydrogen-bond donors (Lipinski definition) is 4. The molecule has 186 valence electrons. The smallest absolute Gasteiger partial charge is 0.248 e. The van der Waals surface area contributed by atoms with Crippen LogP contribution in [0.4, 0.5) is 17.3 Å². The molecule has 4 N–H and O–H groups in total. The Bertz CT molecular complexity index is 1560. The Morgan fingerprint density at radius 1 is 1.22 bits per heavy atom. The molecule has 0 saturated carbocycles. The van der Waals surface area contributed by atoms with Gasteiger partial charge in [0.1, 0.15) is 0 Å². The lowest BCUT2D eigenvalue weighted by Crippen LogP contribution is -2.14. The largest absolute Gasteiger partial charge is 0.360 e. The molecule has 4 rings (SSSR count). The summed E-state index contributed by atoms with van der Waals surface area (Å²) in [7, 11) is 0.801. The predicted molar refractivity (Wildman–Crippen MR) is 145 cm³/mol. The van der Waals surface area contributed by atoms with Gasteiger partial charge in [-0.3, -0.25) is 4.79 Å². The van der Waals surface area contributed by atoms with Gasteiger partial charge in [-0.15, -0.1) is 0 Å². The average Bonchev–Trinajstić information content (AvgIpc) is 3.24. The molecule has 2 heterocycles. The maximum absolute atomic E-state index is 12.5. The van der Waals surface area contributed by atoms with Gasteiger partial charge in [0.15, 0.2) is 0 Å². The molecule has 1 atom stereocenters. The minimum Gasteiger partial charge on any atom is -0.360 e. The summed E-state index contributed by atoms with van der Waals surface area (Å²) < 4.78 is 20.3. The number of H-pyrrole nitrogens is 1. The molecule has 0 aliphatic rings. The summed E-state index contributed by atoms with van der Waals surface area (Å²) in [5.74, 6) is -0.102. The monoisotopic (exact) mass is 523 g/mol. The van der Waals surface area contributed by atoms with Crippen LogP contribution in [0.2, 0.25) is 5.02 Å². The van der Waals surface area contributed by atoms with Crippen LogP contribution in [-0.2, 0) is 14.5 Å². The first-order valence-electron chi connectivity index (χ1n) is 11.0. The third-order valence-electron chi connectivity index (χ3n) is 5.27. The van der Waals surface area contributed by atoms with E-state index in [0.29, 0.717) is 28.6 Å². The van der Waals surface area contributed by atoms with Gasteiger partial charge in [0.2, 0.25) is 11.9 Å². The Hall–Kier alpha value is -3.73. The Kier molecular flexibility index (Phi) is 7.39. The Balaban J connectivity index is 1.68. The van der Waals surface area contributed by atoms with Crippen LogP contribution < -0.4 is 10.6 Å². The van der Waals surface area contributed by atoms with Gasteiger partial charge in [-0.25, -0.2) is 19.0 Å². The van der Waals surface area contributed by atoms with Gasteiger partial charge >= 0.3 is 0 Å². The third kappa shape index (κ3) is 5.91. The number of nitrogens with one attached hydrogen (secondary N) is 4. The number of hydrogen-bond acceptors (Lipinski definition) is 7. The second-order valence-electron chi connectivity index (χ2n) is 8.47. The second-order valence-corrected chi connectivity index (χ2v) is 11.0. The number of likely N-dealkylation sites (N-methyl/N-ethyl adjacent to an activating group) is 1. The number of benzene rings is 2. The number of anilines is 3. The van der Waals surface area contributed by atoms with Crippen molar-refractivity contribution in [1.29, 1.82) is 4.78 Å². The van der Waals surface area contributed by atoms with Crippen molar-refractivity contribution < 1.29 is 9.00 Å². The van der Waals surface area contributed by atoms with Gasteiger partial charge in [0, 0.05) is 46.4 Å². The standard InChI is InChI=1S/C25H26ClN7O2S/c1-33(2)12-6-9-23(34)30-22-13-16(36(3,27)35)10-11-21(22)31-25-29-15-19(26)24(32-25)18-14-28-20-8-5-4-7-17(18)20/h4-11,13-15,27-28H,12H2,1-3H3,(H,30,34)(H,29,31,32)/b9-6+. The molecular formula is C25H26ClN7O2S. The molecule has 11 heteroatoms. The van der Waals surface area contributed by atoms with E-state index in [9.17, 15) is 9.00 Å². The van der Waals surface area contributed by atoms with Crippen molar-refractivity contribution in [2.24, 2.45) is 0 Å². The van der Waals surface area contributed by atoms with E-state index in [0.717, 1.165) is 16.5 Å². The number of para-hydroxylation sites is 1. The zero-order chi connectivity index (χ0) is 25.9. The van der Waals surface area contributed by atoms with Crippen molar-refractivity contribution in [3.8, 4) is 11.3 Å². The van der Waals surface area contributed by atoms with E-state index in [2.05, 4.69) is 25.6 Å². The molecule has 0 aliphatic carbocycles. The summed E-state index contributed by atoms with van der Waals surface area (Å²) in [4.78, 5) is 26.9. The van der Waals surface area contributed by atoms with Crippen LogP contribution in [0.5, 0.6) is 0 Å². The highest BCUT2D eigenvalue weighted by atomic mass is 35.5. The third-order valence-corrected chi connectivity index (χ3v) is 6.70. The number of aromatic nitrogens is 3. The van der Waals surface area contributed by atoms with Gasteiger partial charge in [-0.1, -0.05) is 35.9 Å². The van der Waals surface area contributed by atoms with Crippen molar-refractivity contribution in [2.75, 3.05) is 37.5 Å². The fourth-order valence-corrected chi connectivity index (χ4v) is 4.39. The van der Waals surface area contributed by atoms with E-state index in [1.807, 2.05) is 49.5 Å². The van der Waals surface area contributed by atoms with Crippen LogP contribution in [0.15, 0.2) is 71.9 Å². The van der Waals surface area contributed by atoms with E-state index in [4.69, 9.17) is 16.4 Å². The molecule has 0 spiro atoms. The molecular weight excluding hydrogens is 498 g/mol. The first-order valence-corrected chi connectivity index (χ1v) is 13.3. The lowest BCUT2D eigenvalue weighted by Gasteiger charge is -2.14. The highest BCUT2D eigenvalue weighted by Crippen LogP contribution is 2.34.